The van der Waals surface area contributed by atoms with E-state index in [0.717, 1.165) is 11.0 Å². The molecule has 1 aromatic carbocycles. The number of benzene rings is 1. The predicted molar refractivity (Wildman–Crippen MR) is 46.8 cm³/mol. The monoisotopic (exact) mass is 215 g/mol. The molecule has 0 amide bonds. The van der Waals surface area contributed by atoms with Gasteiger partial charge in [0.2, 0.25) is 0 Å². The third kappa shape index (κ3) is 1.09. The highest BCUT2D eigenvalue weighted by Crippen LogP contribution is 2.29. The molecule has 1 heterocycles. The molecule has 1 nitrogen and oxygen atoms in total. The lowest BCUT2D eigenvalue weighted by Gasteiger charge is -1.94. The van der Waals surface area contributed by atoms with Gasteiger partial charge in [0.05, 0.1) is 0 Å². The molecule has 52 valence electrons. The number of rotatable bonds is 0. The number of fused-ring (bicyclic) bond motifs is 1. The molecular weight excluding hydrogens is 210 g/mol. The molecule has 3 heteroatoms. The van der Waals surface area contributed by atoms with E-state index in [0.29, 0.717) is 0 Å². The molecule has 0 aromatic heterocycles. The first kappa shape index (κ1) is 6.70. The van der Waals surface area contributed by atoms with Crippen LogP contribution in [0.1, 0.15) is 5.56 Å². The summed E-state index contributed by atoms with van der Waals surface area (Å²) in [5, 5.41) is 0. The predicted octanol–water partition coefficient (Wildman–Crippen LogP) is 2.56. The van der Waals surface area contributed by atoms with Crippen molar-refractivity contribution in [2.24, 2.45) is 0 Å². The Morgan fingerprint density at radius 3 is 3.30 bits per heavy atom. The topological polar surface area (TPSA) is 12.0 Å². The minimum atomic E-state index is 0.993. The van der Waals surface area contributed by atoms with Gasteiger partial charge in [-0.25, -0.2) is 0 Å². The summed E-state index contributed by atoms with van der Waals surface area (Å²) in [7, 11) is 0. The molecule has 0 spiro atoms. The first-order valence-electron chi connectivity index (χ1n) is 3.04. The maximum atomic E-state index is 3.42. The highest BCUT2D eigenvalue weighted by molar-refractivity contribution is 9.10. The fraction of sp³-hybridized carbons (Fsp3) is 0.143. The summed E-state index contributed by atoms with van der Waals surface area (Å²) >= 11 is 5.13. The van der Waals surface area contributed by atoms with Crippen LogP contribution in [0.2, 0.25) is 0 Å². The summed E-state index contributed by atoms with van der Waals surface area (Å²) in [5.41, 5.74) is 1.40. The Hall–Kier alpha value is 0.01000. The lowest BCUT2D eigenvalue weighted by Crippen LogP contribution is -1.91. The SMILES string of the molecule is Brc1ccc2c(c1)SNC2. The molecule has 0 saturated carbocycles. The second-order valence-corrected chi connectivity index (χ2v) is 4.02. The van der Waals surface area contributed by atoms with E-state index < -0.39 is 0 Å². The normalized spacial score (nSPS) is 15.3. The quantitative estimate of drug-likeness (QED) is 0.669. The average molecular weight is 216 g/mol. The van der Waals surface area contributed by atoms with Crippen LogP contribution in [-0.2, 0) is 6.54 Å². The standard InChI is InChI=1S/C7H6BrNS/c8-6-2-1-5-4-9-10-7(5)3-6/h1-3,9H,4H2. The van der Waals surface area contributed by atoms with Crippen molar-refractivity contribution >= 4 is 27.9 Å². The van der Waals surface area contributed by atoms with Crippen LogP contribution in [0.25, 0.3) is 0 Å². The van der Waals surface area contributed by atoms with Gasteiger partial charge in [-0.1, -0.05) is 22.0 Å². The average Bonchev–Trinajstić information content (AvgIpc) is 2.33. The van der Waals surface area contributed by atoms with Crippen molar-refractivity contribution < 1.29 is 0 Å². The van der Waals surface area contributed by atoms with Gasteiger partial charge in [-0.05, 0) is 29.6 Å². The fourth-order valence-corrected chi connectivity index (χ4v) is 2.31. The Bertz CT molecular complexity index is 262. The van der Waals surface area contributed by atoms with E-state index in [1.165, 1.54) is 10.5 Å². The molecule has 0 radical (unpaired) electrons. The van der Waals surface area contributed by atoms with Crippen LogP contribution in [0, 0.1) is 0 Å². The lowest BCUT2D eigenvalue weighted by molar-refractivity contribution is 0.993. The Balaban J connectivity index is 2.52. The maximum absolute atomic E-state index is 3.42. The Morgan fingerprint density at radius 2 is 2.40 bits per heavy atom. The van der Waals surface area contributed by atoms with Crippen LogP contribution in [0.15, 0.2) is 27.6 Å². The molecule has 0 atom stereocenters. The van der Waals surface area contributed by atoms with Gasteiger partial charge in [0.15, 0.2) is 0 Å². The van der Waals surface area contributed by atoms with Crippen molar-refractivity contribution in [3.05, 3.63) is 28.2 Å². The highest BCUT2D eigenvalue weighted by atomic mass is 79.9. The first-order valence-corrected chi connectivity index (χ1v) is 4.65. The third-order valence-electron chi connectivity index (χ3n) is 1.47. The molecule has 0 saturated heterocycles. The zero-order chi connectivity index (χ0) is 6.97. The maximum Gasteiger partial charge on any atom is 0.0324 e. The Kier molecular flexibility index (Phi) is 1.72. The van der Waals surface area contributed by atoms with E-state index in [2.05, 4.69) is 38.9 Å². The largest absolute Gasteiger partial charge is 0.255 e. The van der Waals surface area contributed by atoms with Crippen molar-refractivity contribution in [3.8, 4) is 0 Å². The highest BCUT2D eigenvalue weighted by Gasteiger charge is 2.09. The second-order valence-electron chi connectivity index (χ2n) is 2.18. The second kappa shape index (κ2) is 2.57. The van der Waals surface area contributed by atoms with Gasteiger partial charge in [-0.15, -0.1) is 0 Å². The molecule has 0 aliphatic carbocycles. The summed E-state index contributed by atoms with van der Waals surface area (Å²) in [6.45, 7) is 0.993. The first-order chi connectivity index (χ1) is 4.86. The minimum Gasteiger partial charge on any atom is -0.255 e. The van der Waals surface area contributed by atoms with Crippen molar-refractivity contribution in [1.29, 1.82) is 0 Å². The third-order valence-corrected chi connectivity index (χ3v) is 2.86. The van der Waals surface area contributed by atoms with E-state index in [1.807, 2.05) is 0 Å². The van der Waals surface area contributed by atoms with Crippen LogP contribution < -0.4 is 4.72 Å². The van der Waals surface area contributed by atoms with Crippen LogP contribution in [0.3, 0.4) is 0 Å². The van der Waals surface area contributed by atoms with Gasteiger partial charge in [0, 0.05) is 15.9 Å². The molecule has 2 rings (SSSR count). The molecule has 1 aliphatic rings. The Labute approximate surface area is 72.5 Å². The zero-order valence-corrected chi connectivity index (χ0v) is 7.63. The fourth-order valence-electron chi connectivity index (χ4n) is 0.961. The molecule has 0 bridgehead atoms. The van der Waals surface area contributed by atoms with E-state index in [4.69, 9.17) is 0 Å². The van der Waals surface area contributed by atoms with Gasteiger partial charge in [0.25, 0.3) is 0 Å². The van der Waals surface area contributed by atoms with Crippen LogP contribution in [0.5, 0.6) is 0 Å². The summed E-state index contributed by atoms with van der Waals surface area (Å²) in [5.74, 6) is 0. The molecular formula is C7H6BrNS. The number of hydrogen-bond acceptors (Lipinski definition) is 2. The number of hydrogen-bond donors (Lipinski definition) is 1. The van der Waals surface area contributed by atoms with Gasteiger partial charge in [0.1, 0.15) is 0 Å². The zero-order valence-electron chi connectivity index (χ0n) is 5.23. The lowest BCUT2D eigenvalue weighted by atomic mass is 10.2. The van der Waals surface area contributed by atoms with Crippen molar-refractivity contribution in [2.75, 3.05) is 0 Å². The number of nitrogens with one attached hydrogen (secondary N) is 1. The summed E-state index contributed by atoms with van der Waals surface area (Å²) < 4.78 is 4.37. The van der Waals surface area contributed by atoms with Crippen LogP contribution >= 0.6 is 27.9 Å². The van der Waals surface area contributed by atoms with E-state index in [9.17, 15) is 0 Å². The van der Waals surface area contributed by atoms with E-state index in [1.54, 1.807) is 11.9 Å². The van der Waals surface area contributed by atoms with E-state index >= 15 is 0 Å². The molecule has 0 unspecified atom stereocenters. The van der Waals surface area contributed by atoms with Crippen LogP contribution in [-0.4, -0.2) is 0 Å². The summed E-state index contributed by atoms with van der Waals surface area (Å²) in [6.07, 6.45) is 0. The van der Waals surface area contributed by atoms with Gasteiger partial charge in [-0.3, -0.25) is 4.72 Å². The van der Waals surface area contributed by atoms with Crippen molar-refractivity contribution in [2.45, 2.75) is 11.4 Å². The Morgan fingerprint density at radius 1 is 1.50 bits per heavy atom. The molecule has 1 aliphatic heterocycles. The van der Waals surface area contributed by atoms with E-state index in [-0.39, 0.29) is 0 Å². The molecule has 1 aromatic rings. The molecule has 1 N–H and O–H groups in total. The van der Waals surface area contributed by atoms with Gasteiger partial charge in [-0.2, -0.15) is 0 Å². The van der Waals surface area contributed by atoms with Crippen molar-refractivity contribution in [1.82, 2.24) is 4.72 Å². The molecule has 0 fully saturated rings. The van der Waals surface area contributed by atoms with Gasteiger partial charge >= 0.3 is 0 Å². The van der Waals surface area contributed by atoms with Crippen molar-refractivity contribution in [3.63, 3.8) is 0 Å². The van der Waals surface area contributed by atoms with Gasteiger partial charge < -0.3 is 0 Å². The minimum absolute atomic E-state index is 0.993. The number of halogens is 1. The summed E-state index contributed by atoms with van der Waals surface area (Å²) in [4.78, 5) is 1.34. The summed E-state index contributed by atoms with van der Waals surface area (Å²) in [6, 6.07) is 6.36. The molecule has 10 heavy (non-hydrogen) atoms. The van der Waals surface area contributed by atoms with Crippen LogP contribution in [0.4, 0.5) is 0 Å². The smallest absolute Gasteiger partial charge is 0.0324 e.